The summed E-state index contributed by atoms with van der Waals surface area (Å²) in [5.74, 6) is -0.310. The van der Waals surface area contributed by atoms with E-state index in [-0.39, 0.29) is 24.3 Å². The minimum atomic E-state index is -0.621. The molecule has 31 heavy (non-hydrogen) atoms. The number of tetrazole rings is 1. The summed E-state index contributed by atoms with van der Waals surface area (Å²) in [6.45, 7) is 2.57. The third-order valence-electron chi connectivity index (χ3n) is 6.19. The van der Waals surface area contributed by atoms with E-state index >= 15 is 0 Å². The minimum Gasteiger partial charge on any atom is -0.349 e. The van der Waals surface area contributed by atoms with Crippen LogP contribution >= 0.6 is 0 Å². The van der Waals surface area contributed by atoms with Gasteiger partial charge in [0.2, 0.25) is 17.8 Å². The number of rotatable bonds is 5. The SMILES string of the molecule is O=C1CCC(N2Cc3cccc(CNc4nnnn4C4CCCNC4)c3C2=O)C(=O)N1. The Balaban J connectivity index is 1.32. The number of fused-ring (bicyclic) bond motifs is 1. The second-order valence-corrected chi connectivity index (χ2v) is 8.15. The summed E-state index contributed by atoms with van der Waals surface area (Å²) in [7, 11) is 0. The van der Waals surface area contributed by atoms with Crippen LogP contribution in [-0.4, -0.2) is 62.0 Å². The normalized spacial score (nSPS) is 23.6. The fraction of sp³-hybridized carbons (Fsp3) is 0.500. The molecule has 5 rings (SSSR count). The first-order valence-electron chi connectivity index (χ1n) is 10.6. The Labute approximate surface area is 178 Å². The molecule has 0 saturated carbocycles. The van der Waals surface area contributed by atoms with E-state index in [4.69, 9.17) is 0 Å². The molecule has 2 unspecified atom stereocenters. The average molecular weight is 424 g/mol. The van der Waals surface area contributed by atoms with Gasteiger partial charge in [0.1, 0.15) is 6.04 Å². The Bertz CT molecular complexity index is 1030. The van der Waals surface area contributed by atoms with Crippen LogP contribution in [0.1, 0.15) is 53.2 Å². The van der Waals surface area contributed by atoms with Crippen molar-refractivity contribution in [3.63, 3.8) is 0 Å². The van der Waals surface area contributed by atoms with E-state index in [1.54, 1.807) is 9.58 Å². The van der Waals surface area contributed by atoms with E-state index in [2.05, 4.69) is 31.5 Å². The number of imide groups is 1. The predicted molar refractivity (Wildman–Crippen MR) is 109 cm³/mol. The van der Waals surface area contributed by atoms with Crippen molar-refractivity contribution in [3.05, 3.63) is 34.9 Å². The molecule has 2 fully saturated rings. The number of nitrogens with zero attached hydrogens (tertiary/aromatic N) is 5. The molecule has 0 aliphatic carbocycles. The maximum absolute atomic E-state index is 13.2. The standard InChI is InChI=1S/C20H24N8O3/c29-16-7-6-15(18(30)23-16)27-11-13-4-1-3-12(17(13)19(27)31)9-22-20-24-25-26-28(20)14-5-2-8-21-10-14/h1,3-4,14-15,21H,2,5-11H2,(H,22,24,26)(H,23,29,30). The number of hydrogen-bond acceptors (Lipinski definition) is 8. The Morgan fingerprint density at radius 2 is 2.10 bits per heavy atom. The van der Waals surface area contributed by atoms with Gasteiger partial charge in [-0.05, 0) is 47.4 Å². The zero-order chi connectivity index (χ0) is 21.4. The largest absolute Gasteiger partial charge is 0.349 e. The summed E-state index contributed by atoms with van der Waals surface area (Å²) in [6.07, 6.45) is 2.67. The van der Waals surface area contributed by atoms with Crippen LogP contribution in [0.25, 0.3) is 0 Å². The van der Waals surface area contributed by atoms with Crippen molar-refractivity contribution in [2.75, 3.05) is 18.4 Å². The van der Waals surface area contributed by atoms with Crippen LogP contribution in [0.15, 0.2) is 18.2 Å². The van der Waals surface area contributed by atoms with Gasteiger partial charge in [0.15, 0.2) is 0 Å². The number of amides is 3. The van der Waals surface area contributed by atoms with Crippen molar-refractivity contribution in [1.82, 2.24) is 35.7 Å². The quantitative estimate of drug-likeness (QED) is 0.570. The van der Waals surface area contributed by atoms with Gasteiger partial charge in [0.05, 0.1) is 6.04 Å². The van der Waals surface area contributed by atoms with Crippen molar-refractivity contribution >= 4 is 23.7 Å². The van der Waals surface area contributed by atoms with Crippen molar-refractivity contribution in [3.8, 4) is 0 Å². The van der Waals surface area contributed by atoms with Crippen LogP contribution in [0.3, 0.4) is 0 Å². The summed E-state index contributed by atoms with van der Waals surface area (Å²) in [5, 5.41) is 21.0. The highest BCUT2D eigenvalue weighted by Gasteiger charge is 2.40. The minimum absolute atomic E-state index is 0.182. The molecule has 0 radical (unpaired) electrons. The van der Waals surface area contributed by atoms with Gasteiger partial charge in [0, 0.05) is 31.6 Å². The number of anilines is 1. The Morgan fingerprint density at radius 1 is 1.19 bits per heavy atom. The summed E-state index contributed by atoms with van der Waals surface area (Å²) in [5.41, 5.74) is 2.32. The van der Waals surface area contributed by atoms with E-state index in [1.165, 1.54) is 0 Å². The molecule has 162 valence electrons. The van der Waals surface area contributed by atoms with Crippen LogP contribution in [0.4, 0.5) is 5.95 Å². The van der Waals surface area contributed by atoms with Crippen molar-refractivity contribution < 1.29 is 14.4 Å². The summed E-state index contributed by atoms with van der Waals surface area (Å²) in [4.78, 5) is 38.5. The molecule has 4 heterocycles. The zero-order valence-corrected chi connectivity index (χ0v) is 17.0. The second kappa shape index (κ2) is 8.06. The second-order valence-electron chi connectivity index (χ2n) is 8.15. The molecular weight excluding hydrogens is 400 g/mol. The topological polar surface area (TPSA) is 134 Å². The van der Waals surface area contributed by atoms with Gasteiger partial charge < -0.3 is 15.5 Å². The molecule has 3 aliphatic rings. The summed E-state index contributed by atoms with van der Waals surface area (Å²) >= 11 is 0. The highest BCUT2D eigenvalue weighted by atomic mass is 16.2. The molecule has 11 heteroatoms. The molecule has 3 amide bonds. The fourth-order valence-corrected chi connectivity index (χ4v) is 4.61. The molecule has 2 saturated heterocycles. The Hall–Kier alpha value is -3.34. The number of carbonyl (C=O) groups excluding carboxylic acids is 3. The summed E-state index contributed by atoms with van der Waals surface area (Å²) in [6, 6.07) is 5.28. The maximum atomic E-state index is 13.2. The van der Waals surface area contributed by atoms with E-state index in [1.807, 2.05) is 18.2 Å². The van der Waals surface area contributed by atoms with Crippen LogP contribution < -0.4 is 16.0 Å². The molecular formula is C20H24N8O3. The zero-order valence-electron chi connectivity index (χ0n) is 17.0. The molecule has 0 bridgehead atoms. The van der Waals surface area contributed by atoms with Crippen molar-refractivity contribution in [1.29, 1.82) is 0 Å². The number of carbonyl (C=O) groups is 3. The van der Waals surface area contributed by atoms with Crippen molar-refractivity contribution in [2.24, 2.45) is 0 Å². The molecule has 2 atom stereocenters. The van der Waals surface area contributed by atoms with Crippen LogP contribution in [0.5, 0.6) is 0 Å². The lowest BCUT2D eigenvalue weighted by molar-refractivity contribution is -0.136. The molecule has 1 aromatic heterocycles. The first-order chi connectivity index (χ1) is 15.1. The maximum Gasteiger partial charge on any atom is 0.255 e. The van der Waals surface area contributed by atoms with Gasteiger partial charge in [-0.15, -0.1) is 0 Å². The molecule has 11 nitrogen and oxygen atoms in total. The van der Waals surface area contributed by atoms with E-state index in [0.29, 0.717) is 31.0 Å². The molecule has 3 N–H and O–H groups in total. The van der Waals surface area contributed by atoms with E-state index < -0.39 is 11.9 Å². The third-order valence-corrected chi connectivity index (χ3v) is 6.19. The van der Waals surface area contributed by atoms with Gasteiger partial charge in [-0.2, -0.15) is 0 Å². The number of aromatic nitrogens is 4. The van der Waals surface area contributed by atoms with Gasteiger partial charge in [-0.3, -0.25) is 19.7 Å². The lowest BCUT2D eigenvalue weighted by Crippen LogP contribution is -2.52. The van der Waals surface area contributed by atoms with E-state index in [0.717, 1.165) is 37.1 Å². The van der Waals surface area contributed by atoms with Crippen molar-refractivity contribution in [2.45, 2.75) is 50.9 Å². The van der Waals surface area contributed by atoms with Crippen LogP contribution in [0, 0.1) is 0 Å². The number of piperidine rings is 2. The first kappa shape index (κ1) is 19.6. The lowest BCUT2D eigenvalue weighted by atomic mass is 10.0. The average Bonchev–Trinajstić information content (AvgIpc) is 3.38. The first-order valence-corrected chi connectivity index (χ1v) is 10.6. The Morgan fingerprint density at radius 3 is 2.90 bits per heavy atom. The monoisotopic (exact) mass is 424 g/mol. The van der Waals surface area contributed by atoms with Crippen LogP contribution in [-0.2, 0) is 22.7 Å². The van der Waals surface area contributed by atoms with Gasteiger partial charge in [0.25, 0.3) is 5.91 Å². The number of nitrogens with one attached hydrogen (secondary N) is 3. The molecule has 2 aromatic rings. The number of benzene rings is 1. The van der Waals surface area contributed by atoms with E-state index in [9.17, 15) is 14.4 Å². The van der Waals surface area contributed by atoms with Gasteiger partial charge >= 0.3 is 0 Å². The van der Waals surface area contributed by atoms with Gasteiger partial charge in [-0.1, -0.05) is 23.3 Å². The van der Waals surface area contributed by atoms with Gasteiger partial charge in [-0.25, -0.2) is 4.68 Å². The van der Waals surface area contributed by atoms with Crippen LogP contribution in [0.2, 0.25) is 0 Å². The lowest BCUT2D eigenvalue weighted by Gasteiger charge is -2.29. The molecule has 3 aliphatic heterocycles. The fourth-order valence-electron chi connectivity index (χ4n) is 4.61. The highest BCUT2D eigenvalue weighted by Crippen LogP contribution is 2.30. The third kappa shape index (κ3) is 3.65. The summed E-state index contributed by atoms with van der Waals surface area (Å²) < 4.78 is 1.80. The smallest absolute Gasteiger partial charge is 0.255 e. The highest BCUT2D eigenvalue weighted by molar-refractivity contribution is 6.06. The molecule has 1 aromatic carbocycles. The Kier molecular flexibility index (Phi) is 5.10. The number of hydrogen-bond donors (Lipinski definition) is 3. The predicted octanol–water partition coefficient (Wildman–Crippen LogP) is -0.0293. The molecule has 0 spiro atoms.